The van der Waals surface area contributed by atoms with Gasteiger partial charge in [-0.25, -0.2) is 4.79 Å². The van der Waals surface area contributed by atoms with Crippen LogP contribution in [0.3, 0.4) is 0 Å². The number of hydrogen-bond acceptors (Lipinski definition) is 2. The minimum absolute atomic E-state index is 0.0395. The van der Waals surface area contributed by atoms with Gasteiger partial charge in [0, 0.05) is 31.9 Å². The summed E-state index contributed by atoms with van der Waals surface area (Å²) < 4.78 is 0. The van der Waals surface area contributed by atoms with Crippen molar-refractivity contribution in [2.45, 2.75) is 34.2 Å². The van der Waals surface area contributed by atoms with Crippen LogP contribution in [0.25, 0.3) is 0 Å². The molecular formula is C20H25N3O2. The first-order valence-electron chi connectivity index (χ1n) is 8.24. The van der Waals surface area contributed by atoms with Crippen LogP contribution in [-0.4, -0.2) is 19.0 Å². The van der Waals surface area contributed by atoms with Gasteiger partial charge in [-0.2, -0.15) is 0 Å². The van der Waals surface area contributed by atoms with Crippen molar-refractivity contribution in [1.29, 1.82) is 0 Å². The number of benzene rings is 2. The molecule has 0 heterocycles. The Balaban J connectivity index is 1.96. The van der Waals surface area contributed by atoms with Gasteiger partial charge in [0.2, 0.25) is 5.91 Å². The van der Waals surface area contributed by atoms with E-state index in [1.165, 1.54) is 23.6 Å². The first kappa shape index (κ1) is 18.5. The van der Waals surface area contributed by atoms with E-state index in [0.717, 1.165) is 11.3 Å². The number of hydrogen-bond donors (Lipinski definition) is 2. The highest BCUT2D eigenvalue weighted by atomic mass is 16.2. The third kappa shape index (κ3) is 4.83. The Morgan fingerprint density at radius 1 is 1.00 bits per heavy atom. The highest BCUT2D eigenvalue weighted by Crippen LogP contribution is 2.18. The van der Waals surface area contributed by atoms with Gasteiger partial charge in [-0.05, 0) is 61.7 Å². The van der Waals surface area contributed by atoms with Gasteiger partial charge in [0.25, 0.3) is 0 Å². The Morgan fingerprint density at radius 2 is 1.56 bits per heavy atom. The number of nitrogens with one attached hydrogen (secondary N) is 2. The lowest BCUT2D eigenvalue weighted by atomic mass is 10.00. The number of carbonyl (C=O) groups is 2. The molecule has 5 heteroatoms. The highest BCUT2D eigenvalue weighted by Gasteiger charge is 2.08. The van der Waals surface area contributed by atoms with Gasteiger partial charge in [0.05, 0.1) is 0 Å². The molecule has 0 atom stereocenters. The number of carbonyl (C=O) groups excluding carboxylic acids is 2. The molecule has 2 rings (SSSR count). The predicted octanol–water partition coefficient (Wildman–Crippen LogP) is 3.92. The normalized spacial score (nSPS) is 10.3. The van der Waals surface area contributed by atoms with Gasteiger partial charge in [-0.3, -0.25) is 4.79 Å². The first-order valence-corrected chi connectivity index (χ1v) is 8.24. The second-order valence-electron chi connectivity index (χ2n) is 6.31. The van der Waals surface area contributed by atoms with E-state index in [4.69, 9.17) is 0 Å². The van der Waals surface area contributed by atoms with Gasteiger partial charge in [-0.1, -0.05) is 17.7 Å². The summed E-state index contributed by atoms with van der Waals surface area (Å²) in [5, 5.41) is 5.69. The maximum Gasteiger partial charge on any atom is 0.319 e. The quantitative estimate of drug-likeness (QED) is 0.887. The third-order valence-electron chi connectivity index (χ3n) is 4.25. The van der Waals surface area contributed by atoms with Crippen LogP contribution in [0.5, 0.6) is 0 Å². The highest BCUT2D eigenvalue weighted by molar-refractivity contribution is 5.92. The smallest absolute Gasteiger partial charge is 0.319 e. The largest absolute Gasteiger partial charge is 0.334 e. The number of urea groups is 1. The maximum atomic E-state index is 12.1. The van der Waals surface area contributed by atoms with Crippen molar-refractivity contribution in [3.8, 4) is 0 Å². The number of nitrogens with zero attached hydrogens (tertiary/aromatic N) is 1. The van der Waals surface area contributed by atoms with E-state index in [1.54, 1.807) is 36.2 Å². The lowest BCUT2D eigenvalue weighted by Crippen LogP contribution is -2.29. The van der Waals surface area contributed by atoms with Crippen LogP contribution in [0.1, 0.15) is 29.2 Å². The molecule has 0 bridgehead atoms. The predicted molar refractivity (Wildman–Crippen MR) is 102 cm³/mol. The SMILES string of the molecule is CC(=O)N(C)c1ccc(NC(=O)NCc2c(C)cc(C)cc2C)cc1. The molecule has 2 aromatic carbocycles. The van der Waals surface area contributed by atoms with Crippen LogP contribution in [-0.2, 0) is 11.3 Å². The molecule has 0 aliphatic carbocycles. The summed E-state index contributed by atoms with van der Waals surface area (Å²) in [4.78, 5) is 25.0. The molecule has 0 unspecified atom stereocenters. The molecule has 0 saturated heterocycles. The Hall–Kier alpha value is -2.82. The third-order valence-corrected chi connectivity index (χ3v) is 4.25. The zero-order chi connectivity index (χ0) is 18.6. The van der Waals surface area contributed by atoms with Crippen molar-refractivity contribution in [2.75, 3.05) is 17.3 Å². The molecule has 5 nitrogen and oxygen atoms in total. The molecule has 0 aromatic heterocycles. The Bertz CT molecular complexity index is 759. The average Bonchev–Trinajstić information content (AvgIpc) is 2.53. The molecule has 0 fully saturated rings. The van der Waals surface area contributed by atoms with E-state index in [0.29, 0.717) is 12.2 Å². The standard InChI is InChI=1S/C20H25N3O2/c1-13-10-14(2)19(15(3)11-13)12-21-20(25)22-17-6-8-18(9-7-17)23(5)16(4)24/h6-11H,12H2,1-5H3,(H2,21,22,25). The van der Waals surface area contributed by atoms with Gasteiger partial charge in [0.1, 0.15) is 0 Å². The lowest BCUT2D eigenvalue weighted by Gasteiger charge is -2.16. The van der Waals surface area contributed by atoms with Crippen LogP contribution < -0.4 is 15.5 Å². The number of amides is 3. The molecule has 25 heavy (non-hydrogen) atoms. The van der Waals surface area contributed by atoms with Crippen molar-refractivity contribution >= 4 is 23.3 Å². The number of anilines is 2. The monoisotopic (exact) mass is 339 g/mol. The molecule has 0 spiro atoms. The summed E-state index contributed by atoms with van der Waals surface area (Å²) in [6.45, 7) is 8.17. The maximum absolute atomic E-state index is 12.1. The van der Waals surface area contributed by atoms with Crippen molar-refractivity contribution in [1.82, 2.24) is 5.32 Å². The second-order valence-corrected chi connectivity index (χ2v) is 6.31. The van der Waals surface area contributed by atoms with Crippen molar-refractivity contribution in [3.05, 3.63) is 58.7 Å². The van der Waals surface area contributed by atoms with Crippen molar-refractivity contribution < 1.29 is 9.59 Å². The molecule has 2 aromatic rings. The van der Waals surface area contributed by atoms with Crippen molar-refractivity contribution in [3.63, 3.8) is 0 Å². The van der Waals surface area contributed by atoms with Gasteiger partial charge in [-0.15, -0.1) is 0 Å². The fourth-order valence-corrected chi connectivity index (χ4v) is 2.78. The zero-order valence-corrected chi connectivity index (χ0v) is 15.4. The van der Waals surface area contributed by atoms with Gasteiger partial charge < -0.3 is 15.5 Å². The van der Waals surface area contributed by atoms with Crippen LogP contribution in [0, 0.1) is 20.8 Å². The molecule has 0 saturated carbocycles. The Kier molecular flexibility index (Phi) is 5.80. The van der Waals surface area contributed by atoms with E-state index >= 15 is 0 Å². The minimum atomic E-state index is -0.257. The van der Waals surface area contributed by atoms with Gasteiger partial charge >= 0.3 is 6.03 Å². The summed E-state index contributed by atoms with van der Waals surface area (Å²) >= 11 is 0. The second kappa shape index (κ2) is 7.83. The molecule has 0 aliphatic heterocycles. The lowest BCUT2D eigenvalue weighted by molar-refractivity contribution is -0.116. The van der Waals surface area contributed by atoms with E-state index < -0.39 is 0 Å². The van der Waals surface area contributed by atoms with E-state index in [9.17, 15) is 9.59 Å². The Labute approximate surface area is 149 Å². The summed E-state index contributed by atoms with van der Waals surface area (Å²) in [6, 6.07) is 11.1. The van der Waals surface area contributed by atoms with E-state index in [-0.39, 0.29) is 11.9 Å². The number of rotatable bonds is 4. The molecule has 2 N–H and O–H groups in total. The van der Waals surface area contributed by atoms with Gasteiger partial charge in [0.15, 0.2) is 0 Å². The molecule has 0 radical (unpaired) electrons. The topological polar surface area (TPSA) is 61.4 Å². The van der Waals surface area contributed by atoms with Crippen LogP contribution >= 0.6 is 0 Å². The average molecular weight is 339 g/mol. The minimum Gasteiger partial charge on any atom is -0.334 e. The van der Waals surface area contributed by atoms with E-state index in [1.807, 2.05) is 0 Å². The van der Waals surface area contributed by atoms with Crippen LogP contribution in [0.2, 0.25) is 0 Å². The fraction of sp³-hybridized carbons (Fsp3) is 0.300. The zero-order valence-electron chi connectivity index (χ0n) is 15.4. The molecule has 3 amide bonds. The van der Waals surface area contributed by atoms with Crippen LogP contribution in [0.15, 0.2) is 36.4 Å². The molecule has 132 valence electrons. The van der Waals surface area contributed by atoms with Crippen LogP contribution in [0.4, 0.5) is 16.2 Å². The summed E-state index contributed by atoms with van der Waals surface area (Å²) in [5.41, 5.74) is 6.17. The Morgan fingerprint density at radius 3 is 2.08 bits per heavy atom. The summed E-state index contributed by atoms with van der Waals surface area (Å²) in [6.07, 6.45) is 0. The van der Waals surface area contributed by atoms with Crippen molar-refractivity contribution in [2.24, 2.45) is 0 Å². The summed E-state index contributed by atoms with van der Waals surface area (Å²) in [5.74, 6) is -0.0395. The summed E-state index contributed by atoms with van der Waals surface area (Å²) in [7, 11) is 1.71. The fourth-order valence-electron chi connectivity index (χ4n) is 2.78. The van der Waals surface area contributed by atoms with E-state index in [2.05, 4.69) is 43.5 Å². The number of aryl methyl sites for hydroxylation is 3. The molecule has 0 aliphatic rings. The first-order chi connectivity index (χ1) is 11.8. The molecular weight excluding hydrogens is 314 g/mol.